The number of aromatic nitrogens is 2. The second-order valence-electron chi connectivity index (χ2n) is 6.63. The minimum atomic E-state index is -0.238. The van der Waals surface area contributed by atoms with Crippen molar-refractivity contribution in [2.45, 2.75) is 26.3 Å². The first kappa shape index (κ1) is 19.2. The van der Waals surface area contributed by atoms with Gasteiger partial charge >= 0.3 is 0 Å². The number of fused-ring (bicyclic) bond motifs is 1. The molecule has 1 aromatic heterocycles. The van der Waals surface area contributed by atoms with Gasteiger partial charge in [0.15, 0.2) is 11.5 Å². The lowest BCUT2D eigenvalue weighted by Gasteiger charge is -2.23. The van der Waals surface area contributed by atoms with E-state index < -0.39 is 0 Å². The number of aromatic amines is 1. The summed E-state index contributed by atoms with van der Waals surface area (Å²) in [5.41, 5.74) is 0.297. The van der Waals surface area contributed by atoms with Gasteiger partial charge in [0.05, 0.1) is 38.2 Å². The van der Waals surface area contributed by atoms with Crippen LogP contribution in [0.3, 0.4) is 0 Å². The number of hydrogen-bond acceptors (Lipinski definition) is 6. The highest BCUT2D eigenvalue weighted by Gasteiger charge is 2.20. The molecule has 0 spiro atoms. The number of nitrogens with zero attached hydrogens (tertiary/aromatic N) is 3. The van der Waals surface area contributed by atoms with E-state index in [1.807, 2.05) is 16.7 Å². The van der Waals surface area contributed by atoms with Gasteiger partial charge in [0.1, 0.15) is 5.82 Å². The number of rotatable bonds is 7. The van der Waals surface area contributed by atoms with Gasteiger partial charge in [-0.2, -0.15) is 0 Å². The van der Waals surface area contributed by atoms with Gasteiger partial charge in [-0.25, -0.2) is 4.98 Å². The minimum absolute atomic E-state index is 0.129. The number of amides is 1. The van der Waals surface area contributed by atoms with Crippen LogP contribution in [-0.4, -0.2) is 66.1 Å². The fourth-order valence-corrected chi connectivity index (χ4v) is 3.34. The van der Waals surface area contributed by atoms with Gasteiger partial charge in [0.2, 0.25) is 5.91 Å². The first-order chi connectivity index (χ1) is 13.0. The minimum Gasteiger partial charge on any atom is -0.493 e. The molecule has 146 valence electrons. The maximum atomic E-state index is 12.5. The Hall–Kier alpha value is -2.61. The van der Waals surface area contributed by atoms with E-state index in [1.54, 1.807) is 19.2 Å². The van der Waals surface area contributed by atoms with Crippen molar-refractivity contribution in [1.29, 1.82) is 0 Å². The van der Waals surface area contributed by atoms with Gasteiger partial charge in [0.25, 0.3) is 5.56 Å². The average Bonchev–Trinajstić information content (AvgIpc) is 3.21. The standard InChI is InChI=1S/C19H26N4O4/c1-4-22(12-18(24)23-7-5-6-8-23)11-17-20-14-10-16(27-3)15(26-2)9-13(14)19(25)21-17/h9-10H,4-8,11-12H2,1-3H3,(H,20,21,25). The second-order valence-corrected chi connectivity index (χ2v) is 6.63. The van der Waals surface area contributed by atoms with Crippen LogP contribution in [0.15, 0.2) is 16.9 Å². The third-order valence-corrected chi connectivity index (χ3v) is 4.90. The predicted molar refractivity (Wildman–Crippen MR) is 102 cm³/mol. The van der Waals surface area contributed by atoms with Crippen LogP contribution in [0.2, 0.25) is 0 Å². The number of hydrogen-bond donors (Lipinski definition) is 1. The third kappa shape index (κ3) is 4.21. The summed E-state index contributed by atoms with van der Waals surface area (Å²) in [7, 11) is 3.07. The molecule has 8 heteroatoms. The van der Waals surface area contributed by atoms with Crippen LogP contribution in [0.1, 0.15) is 25.6 Å². The van der Waals surface area contributed by atoms with Crippen molar-refractivity contribution in [2.24, 2.45) is 0 Å². The Kier molecular flexibility index (Phi) is 5.95. The Balaban J connectivity index is 1.82. The van der Waals surface area contributed by atoms with Crippen LogP contribution >= 0.6 is 0 Å². The SMILES string of the molecule is CCN(CC(=O)N1CCCC1)Cc1nc2cc(OC)c(OC)cc2c(=O)[nH]1. The Bertz CT molecular complexity index is 874. The Morgan fingerprint density at radius 1 is 1.22 bits per heavy atom. The summed E-state index contributed by atoms with van der Waals surface area (Å²) in [4.78, 5) is 36.1. The van der Waals surface area contributed by atoms with E-state index in [2.05, 4.69) is 9.97 Å². The summed E-state index contributed by atoms with van der Waals surface area (Å²) < 4.78 is 10.5. The molecule has 2 heterocycles. The molecule has 0 aliphatic carbocycles. The third-order valence-electron chi connectivity index (χ3n) is 4.90. The van der Waals surface area contributed by atoms with Crippen molar-refractivity contribution in [1.82, 2.24) is 19.8 Å². The van der Waals surface area contributed by atoms with E-state index in [4.69, 9.17) is 9.47 Å². The van der Waals surface area contributed by atoms with Crippen LogP contribution < -0.4 is 15.0 Å². The molecule has 0 bridgehead atoms. The molecule has 27 heavy (non-hydrogen) atoms. The summed E-state index contributed by atoms with van der Waals surface area (Å²) in [5.74, 6) is 1.65. The molecule has 1 aliphatic rings. The zero-order valence-electron chi connectivity index (χ0n) is 16.1. The Morgan fingerprint density at radius 3 is 2.52 bits per heavy atom. The van der Waals surface area contributed by atoms with Crippen molar-refractivity contribution in [2.75, 3.05) is 40.4 Å². The van der Waals surface area contributed by atoms with Gasteiger partial charge in [-0.1, -0.05) is 6.92 Å². The molecule has 2 aromatic rings. The average molecular weight is 374 g/mol. The first-order valence-electron chi connectivity index (χ1n) is 9.20. The number of ether oxygens (including phenoxy) is 2. The van der Waals surface area contributed by atoms with Crippen molar-refractivity contribution in [3.05, 3.63) is 28.3 Å². The summed E-state index contributed by atoms with van der Waals surface area (Å²) in [6.07, 6.45) is 2.14. The van der Waals surface area contributed by atoms with Gasteiger partial charge in [-0.3, -0.25) is 14.5 Å². The van der Waals surface area contributed by atoms with E-state index >= 15 is 0 Å². The monoisotopic (exact) mass is 374 g/mol. The van der Waals surface area contributed by atoms with Gasteiger partial charge in [0, 0.05) is 19.2 Å². The number of likely N-dealkylation sites (N-methyl/N-ethyl adjacent to an activating group) is 1. The van der Waals surface area contributed by atoms with E-state index in [0.717, 1.165) is 25.9 Å². The number of likely N-dealkylation sites (tertiary alicyclic amines) is 1. The highest BCUT2D eigenvalue weighted by atomic mass is 16.5. The molecule has 0 unspecified atom stereocenters. The molecule has 1 saturated heterocycles. The smallest absolute Gasteiger partial charge is 0.258 e. The predicted octanol–water partition coefficient (Wildman–Crippen LogP) is 1.38. The summed E-state index contributed by atoms with van der Waals surface area (Å²) >= 11 is 0. The van der Waals surface area contributed by atoms with Crippen LogP contribution in [0.4, 0.5) is 0 Å². The lowest BCUT2D eigenvalue weighted by Crippen LogP contribution is -2.39. The van der Waals surface area contributed by atoms with Crippen molar-refractivity contribution < 1.29 is 14.3 Å². The molecule has 0 atom stereocenters. The molecule has 3 rings (SSSR count). The van der Waals surface area contributed by atoms with E-state index in [-0.39, 0.29) is 11.5 Å². The van der Waals surface area contributed by atoms with Crippen molar-refractivity contribution >= 4 is 16.8 Å². The maximum Gasteiger partial charge on any atom is 0.258 e. The molecule has 0 radical (unpaired) electrons. The normalized spacial score (nSPS) is 14.1. The number of benzene rings is 1. The van der Waals surface area contributed by atoms with Gasteiger partial charge < -0.3 is 19.4 Å². The summed E-state index contributed by atoms with van der Waals surface area (Å²) in [6, 6.07) is 3.32. The molecule has 1 N–H and O–H groups in total. The zero-order valence-corrected chi connectivity index (χ0v) is 16.1. The fourth-order valence-electron chi connectivity index (χ4n) is 3.34. The van der Waals surface area contributed by atoms with E-state index in [9.17, 15) is 9.59 Å². The largest absolute Gasteiger partial charge is 0.493 e. The van der Waals surface area contributed by atoms with E-state index in [1.165, 1.54) is 7.11 Å². The second kappa shape index (κ2) is 8.39. The molecular weight excluding hydrogens is 348 g/mol. The number of carbonyl (C=O) groups excluding carboxylic acids is 1. The zero-order chi connectivity index (χ0) is 19.4. The van der Waals surface area contributed by atoms with Crippen LogP contribution in [0, 0.1) is 0 Å². The molecule has 1 amide bonds. The maximum absolute atomic E-state index is 12.5. The quantitative estimate of drug-likeness (QED) is 0.788. The van der Waals surface area contributed by atoms with Gasteiger partial charge in [-0.15, -0.1) is 0 Å². The number of nitrogens with one attached hydrogen (secondary N) is 1. The first-order valence-corrected chi connectivity index (χ1v) is 9.20. The lowest BCUT2D eigenvalue weighted by atomic mass is 10.2. The van der Waals surface area contributed by atoms with Crippen LogP contribution in [0.25, 0.3) is 10.9 Å². The van der Waals surface area contributed by atoms with Crippen molar-refractivity contribution in [3.8, 4) is 11.5 Å². The summed E-state index contributed by atoms with van der Waals surface area (Å²) in [5, 5.41) is 0.438. The number of methoxy groups -OCH3 is 2. The molecule has 8 nitrogen and oxygen atoms in total. The fraction of sp³-hybridized carbons (Fsp3) is 0.526. The van der Waals surface area contributed by atoms with Crippen LogP contribution in [-0.2, 0) is 11.3 Å². The molecule has 1 fully saturated rings. The highest BCUT2D eigenvalue weighted by molar-refractivity contribution is 5.82. The molecular formula is C19H26N4O4. The lowest BCUT2D eigenvalue weighted by molar-refractivity contribution is -0.131. The Morgan fingerprint density at radius 2 is 1.89 bits per heavy atom. The van der Waals surface area contributed by atoms with Crippen molar-refractivity contribution in [3.63, 3.8) is 0 Å². The number of carbonyl (C=O) groups is 1. The number of H-pyrrole nitrogens is 1. The highest BCUT2D eigenvalue weighted by Crippen LogP contribution is 2.29. The van der Waals surface area contributed by atoms with E-state index in [0.29, 0.717) is 47.9 Å². The molecule has 0 saturated carbocycles. The van der Waals surface area contributed by atoms with Gasteiger partial charge in [-0.05, 0) is 25.5 Å². The Labute approximate surface area is 158 Å². The topological polar surface area (TPSA) is 87.8 Å². The summed E-state index contributed by atoms with van der Waals surface area (Å²) in [6.45, 7) is 5.07. The molecule has 1 aliphatic heterocycles. The molecule has 1 aromatic carbocycles. The van der Waals surface area contributed by atoms with Crippen LogP contribution in [0.5, 0.6) is 11.5 Å².